The second-order valence-electron chi connectivity index (χ2n) is 11.5. The Hall–Kier alpha value is -4.34. The van der Waals surface area contributed by atoms with Gasteiger partial charge >= 0.3 is 0 Å². The molecule has 2 spiro atoms. The van der Waals surface area contributed by atoms with E-state index in [1.807, 2.05) is 0 Å². The van der Waals surface area contributed by atoms with Crippen molar-refractivity contribution < 1.29 is 9.59 Å². The van der Waals surface area contributed by atoms with E-state index in [9.17, 15) is 19.2 Å². The average molecular weight is 744 g/mol. The number of hydrogen-bond acceptors (Lipinski definition) is 10. The van der Waals surface area contributed by atoms with Crippen LogP contribution in [0.1, 0.15) is 72.3 Å². The van der Waals surface area contributed by atoms with Crippen molar-refractivity contribution in [3.63, 3.8) is 0 Å². The first-order chi connectivity index (χ1) is 22.5. The van der Waals surface area contributed by atoms with E-state index in [1.54, 1.807) is 24.5 Å². The number of nitrogens with two attached hydrogens (primary N) is 1. The zero-order valence-corrected chi connectivity index (χ0v) is 27.9. The summed E-state index contributed by atoms with van der Waals surface area (Å²) < 4.78 is 3.46. The molecule has 0 radical (unpaired) electrons. The summed E-state index contributed by atoms with van der Waals surface area (Å²) in [5.41, 5.74) is 4.38. The van der Waals surface area contributed by atoms with Gasteiger partial charge in [-0.2, -0.15) is 0 Å². The van der Waals surface area contributed by atoms with Gasteiger partial charge in [-0.25, -0.2) is 19.9 Å². The molecule has 4 aliphatic rings. The van der Waals surface area contributed by atoms with Crippen LogP contribution in [0.3, 0.4) is 0 Å². The molecule has 0 aromatic carbocycles. The smallest absolute Gasteiger partial charge is 0.276 e. The van der Waals surface area contributed by atoms with Crippen molar-refractivity contribution in [2.45, 2.75) is 62.7 Å². The van der Waals surface area contributed by atoms with Gasteiger partial charge in [-0.3, -0.25) is 28.3 Å². The Morgan fingerprint density at radius 1 is 0.766 bits per heavy atom. The fraction of sp³-hybridized carbons (Fsp3) is 0.333. The number of aromatic nitrogens is 6. The van der Waals surface area contributed by atoms with E-state index in [-0.39, 0.29) is 33.6 Å². The summed E-state index contributed by atoms with van der Waals surface area (Å²) in [5, 5.41) is 9.40. The van der Waals surface area contributed by atoms with E-state index < -0.39 is 11.3 Å². The van der Waals surface area contributed by atoms with Gasteiger partial charge < -0.3 is 21.7 Å². The van der Waals surface area contributed by atoms with Gasteiger partial charge in [0.05, 0.1) is 14.5 Å². The van der Waals surface area contributed by atoms with Crippen molar-refractivity contribution in [3.05, 3.63) is 95.9 Å². The highest BCUT2D eigenvalue weighted by molar-refractivity contribution is 9.10. The van der Waals surface area contributed by atoms with Gasteiger partial charge in [0, 0.05) is 12.4 Å². The molecule has 2 amide bonds. The maximum absolute atomic E-state index is 12.9. The van der Waals surface area contributed by atoms with Crippen LogP contribution in [0.2, 0.25) is 10.0 Å². The Morgan fingerprint density at radius 3 is 1.74 bits per heavy atom. The SMILES string of the molecule is Nc1ccncn1.O=C1NC2(CCCC2)n2c1c(Cl)cc(Br)c2=O.O=C1NC2(CCCC2)n2c1c(Cl)cc(Nc1ccncn1)c2=O. The normalized spacial score (nSPS) is 17.6. The first-order valence-corrected chi connectivity index (χ1v) is 16.4. The minimum atomic E-state index is -0.642. The Labute approximate surface area is 286 Å². The van der Waals surface area contributed by atoms with Gasteiger partial charge in [0.2, 0.25) is 0 Å². The number of nitrogen functional groups attached to an aromatic ring is 1. The van der Waals surface area contributed by atoms with E-state index in [0.717, 1.165) is 51.4 Å². The predicted molar refractivity (Wildman–Crippen MR) is 179 cm³/mol. The molecule has 5 N–H and O–H groups in total. The summed E-state index contributed by atoms with van der Waals surface area (Å²) >= 11 is 15.5. The highest BCUT2D eigenvalue weighted by Gasteiger charge is 2.47. The van der Waals surface area contributed by atoms with Gasteiger partial charge in [-0.1, -0.05) is 23.2 Å². The lowest BCUT2D eigenvalue weighted by Crippen LogP contribution is -2.45. The molecule has 47 heavy (non-hydrogen) atoms. The van der Waals surface area contributed by atoms with Crippen molar-refractivity contribution in [2.24, 2.45) is 0 Å². The Balaban J connectivity index is 0.000000141. The molecule has 4 aromatic heterocycles. The molecule has 4 aromatic rings. The maximum Gasteiger partial charge on any atom is 0.276 e. The van der Waals surface area contributed by atoms with E-state index in [2.05, 4.69) is 51.8 Å². The van der Waals surface area contributed by atoms with Crippen molar-refractivity contribution >= 4 is 68.3 Å². The number of halogens is 3. The summed E-state index contributed by atoms with van der Waals surface area (Å²) in [4.78, 5) is 64.5. The lowest BCUT2D eigenvalue weighted by Gasteiger charge is -2.26. The molecule has 0 unspecified atom stereocenters. The van der Waals surface area contributed by atoms with Crippen LogP contribution < -0.4 is 32.8 Å². The summed E-state index contributed by atoms with van der Waals surface area (Å²) in [6, 6.07) is 6.26. The highest BCUT2D eigenvalue weighted by atomic mass is 79.9. The van der Waals surface area contributed by atoms with Gasteiger partial charge in [0.15, 0.2) is 0 Å². The second kappa shape index (κ2) is 13.0. The van der Waals surface area contributed by atoms with Crippen molar-refractivity contribution in [3.8, 4) is 0 Å². The van der Waals surface area contributed by atoms with E-state index in [0.29, 0.717) is 32.5 Å². The standard InChI is InChI=1S/C15H14ClN5O2.C11H10BrClN2O2.C4H5N3/c16-9-7-10(19-11-3-6-17-8-18-11)14(23)21-12(9)13(22)20-15(21)4-1-2-5-15;12-6-5-7(13)8-9(16)14-11(3-1-2-4-11)15(8)10(6)17;5-4-1-2-6-3-7-4/h3,6-8H,1-2,4-5H2,(H,20,22)(H,17,18,19);5H,1-4H2,(H,14,16);1-3H,(H2,5,6,7). The van der Waals surface area contributed by atoms with Gasteiger partial charge in [-0.15, -0.1) is 0 Å². The third-order valence-corrected chi connectivity index (χ3v) is 9.70. The number of hydrogen-bond donors (Lipinski definition) is 4. The van der Waals surface area contributed by atoms with E-state index in [1.165, 1.54) is 33.9 Å². The van der Waals surface area contributed by atoms with Crippen LogP contribution in [0.25, 0.3) is 0 Å². The Morgan fingerprint density at radius 2 is 1.28 bits per heavy atom. The molecule has 17 heteroatoms. The van der Waals surface area contributed by atoms with E-state index >= 15 is 0 Å². The number of rotatable bonds is 2. The zero-order chi connectivity index (χ0) is 33.3. The topological polar surface area (TPSA) is 192 Å². The van der Waals surface area contributed by atoms with E-state index in [4.69, 9.17) is 28.9 Å². The molecule has 2 fully saturated rings. The fourth-order valence-electron chi connectivity index (χ4n) is 6.54. The van der Waals surface area contributed by atoms with Gasteiger partial charge in [0.1, 0.15) is 52.7 Å². The number of fused-ring (bicyclic) bond motifs is 4. The third-order valence-electron chi connectivity index (χ3n) is 8.55. The summed E-state index contributed by atoms with van der Waals surface area (Å²) in [5.74, 6) is 0.463. The molecular formula is C30H29BrCl2N10O4. The average Bonchev–Trinajstić information content (AvgIpc) is 3.83. The maximum atomic E-state index is 12.9. The van der Waals surface area contributed by atoms with Crippen LogP contribution in [0.4, 0.5) is 17.3 Å². The Bertz CT molecular complexity index is 1960. The number of carbonyl (C=O) groups excluding carboxylic acids is 2. The minimum Gasteiger partial charge on any atom is -0.384 e. The number of nitrogens with zero attached hydrogens (tertiary/aromatic N) is 6. The number of anilines is 3. The van der Waals surface area contributed by atoms with Crippen LogP contribution in [0.5, 0.6) is 0 Å². The van der Waals surface area contributed by atoms with Crippen LogP contribution in [0, 0.1) is 0 Å². The van der Waals surface area contributed by atoms with Gasteiger partial charge in [0.25, 0.3) is 22.9 Å². The first-order valence-electron chi connectivity index (χ1n) is 14.8. The minimum absolute atomic E-state index is 0.190. The monoisotopic (exact) mass is 742 g/mol. The first kappa shape index (κ1) is 32.6. The molecule has 244 valence electrons. The summed E-state index contributed by atoms with van der Waals surface area (Å²) in [6.45, 7) is 0. The van der Waals surface area contributed by atoms with Gasteiger partial charge in [-0.05, 0) is 91.6 Å². The fourth-order valence-corrected chi connectivity index (χ4v) is 7.64. The molecule has 6 heterocycles. The lowest BCUT2D eigenvalue weighted by molar-refractivity contribution is 0.0911. The Kier molecular flexibility index (Phi) is 9.05. The molecule has 0 saturated heterocycles. The van der Waals surface area contributed by atoms with Crippen LogP contribution in [-0.2, 0) is 11.3 Å². The molecule has 8 rings (SSSR count). The summed E-state index contributed by atoms with van der Waals surface area (Å²) in [7, 11) is 0. The second-order valence-corrected chi connectivity index (χ2v) is 13.1. The lowest BCUT2D eigenvalue weighted by atomic mass is 10.1. The zero-order valence-electron chi connectivity index (χ0n) is 24.8. The van der Waals surface area contributed by atoms with Crippen LogP contribution in [0.15, 0.2) is 63.4 Å². The molecule has 2 saturated carbocycles. The predicted octanol–water partition coefficient (Wildman–Crippen LogP) is 4.30. The molecule has 14 nitrogen and oxygen atoms in total. The molecule has 0 bridgehead atoms. The molecule has 2 aliphatic heterocycles. The number of pyridine rings is 2. The summed E-state index contributed by atoms with van der Waals surface area (Å²) in [6.07, 6.45) is 13.0. The van der Waals surface area contributed by atoms with Crippen molar-refractivity contribution in [1.82, 2.24) is 39.7 Å². The molecule has 2 aliphatic carbocycles. The van der Waals surface area contributed by atoms with Crippen molar-refractivity contribution in [1.29, 1.82) is 0 Å². The van der Waals surface area contributed by atoms with Crippen LogP contribution >= 0.6 is 39.1 Å². The largest absolute Gasteiger partial charge is 0.384 e. The molecular weight excluding hydrogens is 715 g/mol. The quantitative estimate of drug-likeness (QED) is 0.230. The van der Waals surface area contributed by atoms with Crippen LogP contribution in [-0.4, -0.2) is 40.9 Å². The van der Waals surface area contributed by atoms with Crippen molar-refractivity contribution in [2.75, 3.05) is 11.1 Å². The highest BCUT2D eigenvalue weighted by Crippen LogP contribution is 2.41. The molecule has 0 atom stereocenters. The number of carbonyl (C=O) groups is 2. The number of amides is 2. The number of nitrogens with one attached hydrogen (secondary N) is 3. The third kappa shape index (κ3) is 6.10.